The van der Waals surface area contributed by atoms with Gasteiger partial charge in [0.25, 0.3) is 0 Å². The molecule has 2 aromatic carbocycles. The van der Waals surface area contributed by atoms with Gasteiger partial charge in [-0.3, -0.25) is 0 Å². The van der Waals surface area contributed by atoms with Crippen LogP contribution in [0.3, 0.4) is 0 Å². The molecule has 0 fully saturated rings. The molecular formula is C18H15N3OS. The molecule has 0 unspecified atom stereocenters. The number of aliphatic hydroxyl groups excluding tert-OH is 1. The van der Waals surface area contributed by atoms with E-state index >= 15 is 0 Å². The van der Waals surface area contributed by atoms with E-state index in [1.54, 1.807) is 0 Å². The molecule has 0 amide bonds. The lowest BCUT2D eigenvalue weighted by atomic mass is 10.2. The topological polar surface area (TPSA) is 60.1 Å². The quantitative estimate of drug-likeness (QED) is 0.577. The Morgan fingerprint density at radius 2 is 1.87 bits per heavy atom. The number of aromatic nitrogens is 1. The zero-order valence-corrected chi connectivity index (χ0v) is 13.4. The third-order valence-corrected chi connectivity index (χ3v) is 4.55. The van der Waals surface area contributed by atoms with E-state index in [0.717, 1.165) is 15.9 Å². The predicted molar refractivity (Wildman–Crippen MR) is 94.5 cm³/mol. The lowest BCUT2D eigenvalue weighted by Crippen LogP contribution is -2.20. The molecule has 4 nitrogen and oxygen atoms in total. The second-order valence-corrected chi connectivity index (χ2v) is 6.14. The smallest absolute Gasteiger partial charge is 0.138 e. The van der Waals surface area contributed by atoms with Gasteiger partial charge in [-0.2, -0.15) is 5.26 Å². The second kappa shape index (κ2) is 6.51. The summed E-state index contributed by atoms with van der Waals surface area (Å²) in [5.41, 5.74) is 2.04. The molecule has 0 saturated heterocycles. The zero-order chi connectivity index (χ0) is 16.2. The van der Waals surface area contributed by atoms with Crippen LogP contribution in [0.2, 0.25) is 0 Å². The van der Waals surface area contributed by atoms with Gasteiger partial charge >= 0.3 is 0 Å². The van der Waals surface area contributed by atoms with Crippen molar-refractivity contribution in [2.24, 2.45) is 0 Å². The number of rotatable bonds is 4. The zero-order valence-electron chi connectivity index (χ0n) is 12.6. The minimum atomic E-state index is 0.0258. The van der Waals surface area contributed by atoms with E-state index in [1.165, 1.54) is 11.3 Å². The Labute approximate surface area is 138 Å². The van der Waals surface area contributed by atoms with Crippen molar-refractivity contribution >= 4 is 32.8 Å². The van der Waals surface area contributed by atoms with E-state index in [0.29, 0.717) is 5.01 Å². The number of anilines is 1. The van der Waals surface area contributed by atoms with Crippen LogP contribution in [0.5, 0.6) is 0 Å². The molecule has 0 spiro atoms. The first-order valence-electron chi connectivity index (χ1n) is 7.13. The van der Waals surface area contributed by atoms with Gasteiger partial charge in [0.05, 0.1) is 16.8 Å². The van der Waals surface area contributed by atoms with Gasteiger partial charge in [0.2, 0.25) is 0 Å². The first kappa shape index (κ1) is 15.1. The molecule has 0 radical (unpaired) electrons. The van der Waals surface area contributed by atoms with E-state index in [2.05, 4.69) is 11.1 Å². The number of hydrogen-bond donors (Lipinski definition) is 1. The number of benzene rings is 2. The molecule has 1 N–H and O–H groups in total. The molecular weight excluding hydrogens is 306 g/mol. The van der Waals surface area contributed by atoms with E-state index in [4.69, 9.17) is 0 Å². The highest BCUT2D eigenvalue weighted by Crippen LogP contribution is 2.28. The maximum absolute atomic E-state index is 10.4. The van der Waals surface area contributed by atoms with Gasteiger partial charge in [0.1, 0.15) is 22.4 Å². The maximum Gasteiger partial charge on any atom is 0.138 e. The van der Waals surface area contributed by atoms with E-state index in [1.807, 2.05) is 66.5 Å². The Morgan fingerprint density at radius 1 is 1.17 bits per heavy atom. The Bertz CT molecular complexity index is 860. The Kier molecular flexibility index (Phi) is 4.26. The summed E-state index contributed by atoms with van der Waals surface area (Å²) in [5.74, 6) is 0.0258. The first-order chi connectivity index (χ1) is 11.2. The monoisotopic (exact) mass is 321 g/mol. The summed E-state index contributed by atoms with van der Waals surface area (Å²) in [6.45, 7) is 0.253. The van der Waals surface area contributed by atoms with Crippen LogP contribution < -0.4 is 4.90 Å². The molecule has 0 saturated carbocycles. The number of para-hydroxylation sites is 2. The normalized spacial score (nSPS) is 11.8. The Balaban J connectivity index is 1.92. The molecule has 3 rings (SSSR count). The van der Waals surface area contributed by atoms with Crippen molar-refractivity contribution in [2.75, 3.05) is 18.5 Å². The van der Waals surface area contributed by atoms with Gasteiger partial charge in [-0.15, -0.1) is 11.3 Å². The highest BCUT2D eigenvalue weighted by molar-refractivity contribution is 7.19. The predicted octanol–water partition coefficient (Wildman–Crippen LogP) is 4.23. The highest BCUT2D eigenvalue weighted by atomic mass is 32.1. The Morgan fingerprint density at radius 3 is 2.57 bits per heavy atom. The molecule has 0 aliphatic rings. The van der Waals surface area contributed by atoms with Gasteiger partial charge in [-0.05, 0) is 24.3 Å². The molecule has 0 bridgehead atoms. The summed E-state index contributed by atoms with van der Waals surface area (Å²) in [4.78, 5) is 6.33. The van der Waals surface area contributed by atoms with Crippen LogP contribution in [0.15, 0.2) is 60.4 Å². The summed E-state index contributed by atoms with van der Waals surface area (Å²) in [5, 5.41) is 20.4. The third-order valence-electron chi connectivity index (χ3n) is 3.49. The summed E-state index contributed by atoms with van der Waals surface area (Å²) >= 11 is 1.41. The van der Waals surface area contributed by atoms with Crippen LogP contribution >= 0.6 is 11.3 Å². The highest BCUT2D eigenvalue weighted by Gasteiger charge is 2.15. The van der Waals surface area contributed by atoms with Crippen molar-refractivity contribution in [2.45, 2.75) is 0 Å². The number of allylic oxidation sites excluding steroid dienone is 1. The fourth-order valence-electron chi connectivity index (χ4n) is 2.29. The molecule has 1 heterocycles. The molecule has 0 atom stereocenters. The van der Waals surface area contributed by atoms with Crippen LogP contribution in [-0.2, 0) is 0 Å². The molecule has 5 heteroatoms. The van der Waals surface area contributed by atoms with Crippen molar-refractivity contribution in [3.63, 3.8) is 0 Å². The van der Waals surface area contributed by atoms with Crippen molar-refractivity contribution in [3.8, 4) is 6.07 Å². The number of aliphatic hydroxyl groups is 1. The number of likely N-dealkylation sites (N-methyl/N-ethyl adjacent to an activating group) is 1. The van der Waals surface area contributed by atoms with Crippen LogP contribution in [-0.4, -0.2) is 23.7 Å². The van der Waals surface area contributed by atoms with Gasteiger partial charge in [-0.25, -0.2) is 4.98 Å². The summed E-state index contributed by atoms with van der Waals surface area (Å²) in [7, 11) is 1.87. The van der Waals surface area contributed by atoms with Crippen LogP contribution in [0.4, 0.5) is 5.69 Å². The molecule has 0 aliphatic heterocycles. The summed E-state index contributed by atoms with van der Waals surface area (Å²) in [6.07, 6.45) is 0. The fourth-order valence-corrected chi connectivity index (χ4v) is 3.28. The lowest BCUT2D eigenvalue weighted by Gasteiger charge is -2.18. The average Bonchev–Trinajstić information content (AvgIpc) is 2.99. The second-order valence-electron chi connectivity index (χ2n) is 5.11. The minimum absolute atomic E-state index is 0.0258. The van der Waals surface area contributed by atoms with E-state index < -0.39 is 0 Å². The molecule has 23 heavy (non-hydrogen) atoms. The maximum atomic E-state index is 10.4. The number of nitrogens with zero attached hydrogens (tertiary/aromatic N) is 3. The fraction of sp³-hybridized carbons (Fsp3) is 0.111. The van der Waals surface area contributed by atoms with Crippen LogP contribution in [0, 0.1) is 11.3 Å². The molecule has 114 valence electrons. The van der Waals surface area contributed by atoms with Gasteiger partial charge in [-0.1, -0.05) is 30.3 Å². The standard InChI is InChI=1S/C18H15N3OS/c1-21(13-7-3-2-4-8-13)12-16(22)14(11-19)18-20-15-9-5-6-10-17(15)23-18/h2-10,22H,12H2,1H3/b16-14+. The van der Waals surface area contributed by atoms with E-state index in [-0.39, 0.29) is 17.9 Å². The number of hydrogen-bond acceptors (Lipinski definition) is 5. The first-order valence-corrected chi connectivity index (χ1v) is 7.95. The van der Waals surface area contributed by atoms with E-state index in [9.17, 15) is 10.4 Å². The van der Waals surface area contributed by atoms with Crippen LogP contribution in [0.1, 0.15) is 5.01 Å². The Hall–Kier alpha value is -2.84. The van der Waals surface area contributed by atoms with Crippen molar-refractivity contribution < 1.29 is 5.11 Å². The van der Waals surface area contributed by atoms with Gasteiger partial charge < -0.3 is 10.0 Å². The number of thiazole rings is 1. The molecule has 1 aromatic heterocycles. The van der Waals surface area contributed by atoms with Gasteiger partial charge in [0.15, 0.2) is 0 Å². The van der Waals surface area contributed by atoms with Crippen LogP contribution in [0.25, 0.3) is 15.8 Å². The number of nitriles is 1. The lowest BCUT2D eigenvalue weighted by molar-refractivity contribution is 0.404. The summed E-state index contributed by atoms with van der Waals surface area (Å²) < 4.78 is 1.000. The third kappa shape index (κ3) is 3.17. The average molecular weight is 321 g/mol. The SMILES string of the molecule is CN(C/C(O)=C(/C#N)c1nc2ccccc2s1)c1ccccc1. The molecule has 3 aromatic rings. The van der Waals surface area contributed by atoms with Crippen molar-refractivity contribution in [1.29, 1.82) is 5.26 Å². The summed E-state index contributed by atoms with van der Waals surface area (Å²) in [6, 6.07) is 19.5. The largest absolute Gasteiger partial charge is 0.509 e. The minimum Gasteiger partial charge on any atom is -0.509 e. The van der Waals surface area contributed by atoms with Gasteiger partial charge in [0, 0.05) is 12.7 Å². The molecule has 0 aliphatic carbocycles. The number of fused-ring (bicyclic) bond motifs is 1. The van der Waals surface area contributed by atoms with Crippen molar-refractivity contribution in [3.05, 3.63) is 65.4 Å². The van der Waals surface area contributed by atoms with Crippen molar-refractivity contribution in [1.82, 2.24) is 4.98 Å².